The lowest BCUT2D eigenvalue weighted by Gasteiger charge is -2.40. The van der Waals surface area contributed by atoms with E-state index in [0.29, 0.717) is 30.9 Å². The van der Waals surface area contributed by atoms with Gasteiger partial charge in [0.15, 0.2) is 5.69 Å². The number of rotatable bonds is 12. The summed E-state index contributed by atoms with van der Waals surface area (Å²) >= 11 is 0. The van der Waals surface area contributed by atoms with Gasteiger partial charge in [-0.3, -0.25) is 19.2 Å². The summed E-state index contributed by atoms with van der Waals surface area (Å²) in [6.45, 7) is 6.85. The first-order valence-corrected chi connectivity index (χ1v) is 17.4. The van der Waals surface area contributed by atoms with E-state index in [0.717, 1.165) is 12.8 Å². The maximum atomic E-state index is 15.8. The molecular formula is C35H46F3N7O6. The normalized spacial score (nSPS) is 22.0. The van der Waals surface area contributed by atoms with Crippen molar-refractivity contribution in [3.8, 4) is 0 Å². The molecule has 1 aromatic carbocycles. The molecule has 2 aromatic rings. The summed E-state index contributed by atoms with van der Waals surface area (Å²) in [5.74, 6) is -4.20. The fourth-order valence-corrected chi connectivity index (χ4v) is 6.64. The summed E-state index contributed by atoms with van der Waals surface area (Å²) in [6.07, 6.45) is -0.421. The number of aromatic nitrogens is 2. The first-order chi connectivity index (χ1) is 24.3. The van der Waals surface area contributed by atoms with Gasteiger partial charge in [0.25, 0.3) is 12.0 Å². The Balaban J connectivity index is 1.35. The summed E-state index contributed by atoms with van der Waals surface area (Å²) in [5, 5.41) is 15.6. The second-order valence-electron chi connectivity index (χ2n) is 13.9. The van der Waals surface area contributed by atoms with E-state index in [1.165, 1.54) is 19.2 Å². The van der Waals surface area contributed by atoms with E-state index in [2.05, 4.69) is 31.2 Å². The Hall–Kier alpha value is -4.31. The molecule has 1 aliphatic heterocycles. The summed E-state index contributed by atoms with van der Waals surface area (Å²) < 4.78 is 52.3. The molecule has 13 nitrogen and oxygen atoms in total. The molecule has 1 saturated heterocycles. The molecule has 278 valence electrons. The molecule has 0 radical (unpaired) electrons. The van der Waals surface area contributed by atoms with Gasteiger partial charge in [0.2, 0.25) is 17.7 Å². The highest BCUT2D eigenvalue weighted by atomic mass is 19.3. The number of piperazine rings is 1. The van der Waals surface area contributed by atoms with Gasteiger partial charge in [-0.05, 0) is 93.8 Å². The van der Waals surface area contributed by atoms with Crippen molar-refractivity contribution in [3.05, 3.63) is 52.6 Å². The highest BCUT2D eigenvalue weighted by molar-refractivity contribution is 6.01. The first kappa shape index (κ1) is 37.9. The van der Waals surface area contributed by atoms with E-state index < -0.39 is 59.6 Å². The molecule has 2 saturated carbocycles. The second-order valence-corrected chi connectivity index (χ2v) is 13.9. The van der Waals surface area contributed by atoms with E-state index in [9.17, 15) is 28.0 Å². The van der Waals surface area contributed by atoms with E-state index in [1.54, 1.807) is 24.8 Å². The Morgan fingerprint density at radius 1 is 1.00 bits per heavy atom. The molecule has 2 heterocycles. The molecule has 4 amide bonds. The van der Waals surface area contributed by atoms with Crippen LogP contribution in [0.15, 0.2) is 34.5 Å². The van der Waals surface area contributed by atoms with Crippen LogP contribution in [0.1, 0.15) is 92.9 Å². The molecular weight excluding hydrogens is 671 g/mol. The lowest BCUT2D eigenvalue weighted by molar-refractivity contribution is -0.141. The SMILES string of the molecule is CO[C@@H](C)C(=O)N[C@@H](C(=O)N1CCN(C)[C@H](C)C1)[C@@H](C)c1ccc(NC(=O)[C@@H](NC(=O)c2nonc2C2CC2)C2CCC(=C(F)F)CC2)c(F)c1. The molecule has 51 heavy (non-hydrogen) atoms. The van der Waals surface area contributed by atoms with Crippen molar-refractivity contribution in [3.63, 3.8) is 0 Å². The Morgan fingerprint density at radius 2 is 1.71 bits per heavy atom. The van der Waals surface area contributed by atoms with Crippen LogP contribution in [-0.4, -0.2) is 102 Å². The van der Waals surface area contributed by atoms with Gasteiger partial charge < -0.3 is 30.5 Å². The molecule has 3 N–H and O–H groups in total. The Morgan fingerprint density at radius 3 is 2.31 bits per heavy atom. The number of methoxy groups -OCH3 is 1. The summed E-state index contributed by atoms with van der Waals surface area (Å²) in [4.78, 5) is 57.6. The number of likely N-dealkylation sites (N-methyl/N-ethyl adjacent to an activating group) is 1. The van der Waals surface area contributed by atoms with Crippen LogP contribution in [-0.2, 0) is 19.1 Å². The molecule has 1 aromatic heterocycles. The van der Waals surface area contributed by atoms with E-state index in [1.807, 2.05) is 14.0 Å². The highest BCUT2D eigenvalue weighted by Gasteiger charge is 2.38. The fraction of sp³-hybridized carbons (Fsp3) is 0.600. The lowest BCUT2D eigenvalue weighted by Crippen LogP contribution is -2.58. The molecule has 3 aliphatic rings. The number of nitrogens with zero attached hydrogens (tertiary/aromatic N) is 4. The van der Waals surface area contributed by atoms with Crippen molar-refractivity contribution in [2.75, 3.05) is 39.1 Å². The van der Waals surface area contributed by atoms with Crippen LogP contribution in [0.3, 0.4) is 0 Å². The van der Waals surface area contributed by atoms with Crippen LogP contribution in [0, 0.1) is 11.7 Å². The van der Waals surface area contributed by atoms with Crippen LogP contribution in [0.4, 0.5) is 18.9 Å². The third-order valence-corrected chi connectivity index (χ3v) is 10.5. The zero-order valence-corrected chi connectivity index (χ0v) is 29.5. The number of amides is 4. The number of anilines is 1. The summed E-state index contributed by atoms with van der Waals surface area (Å²) in [5.41, 5.74) is 0.565. The number of allylic oxidation sites excluding steroid dienone is 1. The fourth-order valence-electron chi connectivity index (χ4n) is 6.64. The van der Waals surface area contributed by atoms with Gasteiger partial charge in [0, 0.05) is 44.6 Å². The highest BCUT2D eigenvalue weighted by Crippen LogP contribution is 2.40. The molecule has 2 aliphatic carbocycles. The minimum atomic E-state index is -1.74. The Kier molecular flexibility index (Phi) is 12.2. The predicted molar refractivity (Wildman–Crippen MR) is 179 cm³/mol. The van der Waals surface area contributed by atoms with Gasteiger partial charge in [0.1, 0.15) is 29.7 Å². The van der Waals surface area contributed by atoms with Gasteiger partial charge in [-0.2, -0.15) is 8.78 Å². The first-order valence-electron chi connectivity index (χ1n) is 17.4. The number of hydrogen-bond acceptors (Lipinski definition) is 9. The average molecular weight is 718 g/mol. The van der Waals surface area contributed by atoms with Gasteiger partial charge in [0.05, 0.1) is 5.69 Å². The molecule has 5 atom stereocenters. The predicted octanol–water partition coefficient (Wildman–Crippen LogP) is 3.95. The van der Waals surface area contributed by atoms with Crippen LogP contribution in [0.5, 0.6) is 0 Å². The minimum Gasteiger partial charge on any atom is -0.372 e. The number of ether oxygens (including phenoxy) is 1. The lowest BCUT2D eigenvalue weighted by atomic mass is 9.81. The Labute approximate surface area is 294 Å². The maximum Gasteiger partial charge on any atom is 0.276 e. The van der Waals surface area contributed by atoms with Crippen LogP contribution in [0.2, 0.25) is 0 Å². The van der Waals surface area contributed by atoms with Crippen molar-refractivity contribution < 1.29 is 41.7 Å². The number of carbonyl (C=O) groups is 4. The maximum absolute atomic E-state index is 15.8. The van der Waals surface area contributed by atoms with Gasteiger partial charge in [-0.25, -0.2) is 9.02 Å². The third-order valence-electron chi connectivity index (χ3n) is 10.5. The largest absolute Gasteiger partial charge is 0.372 e. The van der Waals surface area contributed by atoms with Crippen molar-refractivity contribution in [1.29, 1.82) is 0 Å². The number of benzene rings is 1. The van der Waals surface area contributed by atoms with Gasteiger partial charge in [-0.1, -0.05) is 18.1 Å². The summed E-state index contributed by atoms with van der Waals surface area (Å²) in [7, 11) is 3.36. The third kappa shape index (κ3) is 8.95. The van der Waals surface area contributed by atoms with Crippen molar-refractivity contribution >= 4 is 29.3 Å². The zero-order valence-electron chi connectivity index (χ0n) is 29.5. The monoisotopic (exact) mass is 717 g/mol. The molecule has 0 bridgehead atoms. The quantitative estimate of drug-likeness (QED) is 0.296. The number of nitrogens with one attached hydrogen (secondary N) is 3. The van der Waals surface area contributed by atoms with Gasteiger partial charge >= 0.3 is 0 Å². The number of carbonyl (C=O) groups excluding carboxylic acids is 4. The summed E-state index contributed by atoms with van der Waals surface area (Å²) in [6, 6.07) is 1.97. The van der Waals surface area contributed by atoms with E-state index in [-0.39, 0.29) is 60.5 Å². The van der Waals surface area contributed by atoms with Crippen molar-refractivity contribution in [2.24, 2.45) is 5.92 Å². The molecule has 0 spiro atoms. The molecule has 16 heteroatoms. The zero-order chi connectivity index (χ0) is 37.0. The van der Waals surface area contributed by atoms with E-state index in [4.69, 9.17) is 9.37 Å². The molecule has 3 fully saturated rings. The van der Waals surface area contributed by atoms with Crippen LogP contribution < -0.4 is 16.0 Å². The van der Waals surface area contributed by atoms with Crippen molar-refractivity contribution in [1.82, 2.24) is 30.7 Å². The van der Waals surface area contributed by atoms with Crippen LogP contribution >= 0.6 is 0 Å². The Bertz CT molecular complexity index is 1630. The topological polar surface area (TPSA) is 159 Å². The molecule has 5 rings (SSSR count). The smallest absolute Gasteiger partial charge is 0.276 e. The van der Waals surface area contributed by atoms with Crippen LogP contribution in [0.25, 0.3) is 0 Å². The number of halogens is 3. The van der Waals surface area contributed by atoms with Gasteiger partial charge in [-0.15, -0.1) is 0 Å². The number of hydrogen-bond donors (Lipinski definition) is 3. The second kappa shape index (κ2) is 16.4. The van der Waals surface area contributed by atoms with Crippen molar-refractivity contribution in [2.45, 2.75) is 95.4 Å². The molecule has 0 unspecified atom stereocenters. The average Bonchev–Trinajstić information content (AvgIpc) is 3.85. The minimum absolute atomic E-state index is 0.0102. The van der Waals surface area contributed by atoms with E-state index >= 15 is 4.39 Å². The standard InChI is InChI=1S/C35H46F3N7O6/c1-18-17-45(15-14-44(18)4)35(49)27(40-32(46)20(3)50-5)19(2)24-12-13-26(25(36)16-24)39-33(47)29(22-8-10-23(11-9-22)31(37)38)41-34(48)30-28(21-6-7-21)42-51-43-30/h12-13,16,18-22,27,29H,6-11,14-15,17H2,1-5H3,(H,39,47)(H,40,46)(H,41,48)/t18-,19+,20+,27-,29+/m1/s1.